The van der Waals surface area contributed by atoms with Gasteiger partial charge in [-0.05, 0) is 31.0 Å². The Bertz CT molecular complexity index is 318. The second-order valence-electron chi connectivity index (χ2n) is 4.72. The molecule has 1 saturated heterocycles. The third-order valence-electron chi connectivity index (χ3n) is 3.21. The number of aryl methyl sites for hydroxylation is 1. The van der Waals surface area contributed by atoms with Gasteiger partial charge in [-0.1, -0.05) is 25.5 Å². The summed E-state index contributed by atoms with van der Waals surface area (Å²) in [7, 11) is 0. The van der Waals surface area contributed by atoms with E-state index in [-0.39, 0.29) is 0 Å². The quantitative estimate of drug-likeness (QED) is 0.838. The van der Waals surface area contributed by atoms with Gasteiger partial charge in [-0.25, -0.2) is 0 Å². The summed E-state index contributed by atoms with van der Waals surface area (Å²) >= 11 is 0. The predicted molar refractivity (Wildman–Crippen MR) is 70.1 cm³/mol. The Labute approximate surface area is 98.7 Å². The van der Waals surface area contributed by atoms with Crippen molar-refractivity contribution in [3.63, 3.8) is 0 Å². The van der Waals surface area contributed by atoms with E-state index in [1.165, 1.54) is 24.1 Å². The van der Waals surface area contributed by atoms with Crippen LogP contribution in [-0.4, -0.2) is 25.7 Å². The number of rotatable bonds is 3. The largest absolute Gasteiger partial charge is 0.369 e. The molecule has 1 heterocycles. The third-order valence-corrected chi connectivity index (χ3v) is 3.21. The number of nitrogens with zero attached hydrogens (tertiary/aromatic N) is 1. The minimum absolute atomic E-state index is 0.601. The Balaban J connectivity index is 2.03. The number of anilines is 1. The van der Waals surface area contributed by atoms with Gasteiger partial charge in [-0.15, -0.1) is 0 Å². The fourth-order valence-corrected chi connectivity index (χ4v) is 2.33. The molecule has 88 valence electrons. The average Bonchev–Trinajstić information content (AvgIpc) is 2.30. The van der Waals surface area contributed by atoms with E-state index < -0.39 is 0 Å². The van der Waals surface area contributed by atoms with Gasteiger partial charge in [0.05, 0.1) is 0 Å². The Morgan fingerprint density at radius 3 is 2.69 bits per heavy atom. The molecular weight excluding hydrogens is 196 g/mol. The molecule has 1 aromatic carbocycles. The summed E-state index contributed by atoms with van der Waals surface area (Å²) in [5.74, 6) is 0. The molecule has 0 spiro atoms. The molecule has 0 radical (unpaired) electrons. The number of hydrogen-bond acceptors (Lipinski definition) is 2. The molecule has 0 amide bonds. The molecule has 16 heavy (non-hydrogen) atoms. The van der Waals surface area contributed by atoms with Crippen LogP contribution in [0, 0.1) is 0 Å². The summed E-state index contributed by atoms with van der Waals surface area (Å²) in [4.78, 5) is 2.47. The topological polar surface area (TPSA) is 15.3 Å². The molecular formula is C14H22N2. The lowest BCUT2D eigenvalue weighted by molar-refractivity contribution is 0.485. The maximum absolute atomic E-state index is 3.47. The van der Waals surface area contributed by atoms with Crippen LogP contribution in [0.3, 0.4) is 0 Å². The van der Waals surface area contributed by atoms with Crippen molar-refractivity contribution < 1.29 is 0 Å². The summed E-state index contributed by atoms with van der Waals surface area (Å²) < 4.78 is 0. The van der Waals surface area contributed by atoms with Crippen molar-refractivity contribution in [3.05, 3.63) is 29.8 Å². The highest BCUT2D eigenvalue weighted by Gasteiger charge is 2.15. The highest BCUT2D eigenvalue weighted by atomic mass is 15.2. The van der Waals surface area contributed by atoms with Gasteiger partial charge in [-0.3, -0.25) is 0 Å². The molecule has 2 heteroatoms. The zero-order valence-corrected chi connectivity index (χ0v) is 10.4. The van der Waals surface area contributed by atoms with E-state index in [1.807, 2.05) is 0 Å². The smallest absolute Gasteiger partial charge is 0.0367 e. The summed E-state index contributed by atoms with van der Waals surface area (Å²) in [5.41, 5.74) is 2.82. The SMILES string of the molecule is CCCc1ccc(N2CCNC(C)C2)cc1. The first kappa shape index (κ1) is 11.5. The first-order chi connectivity index (χ1) is 7.79. The fourth-order valence-electron chi connectivity index (χ4n) is 2.33. The summed E-state index contributed by atoms with van der Waals surface area (Å²) in [6.07, 6.45) is 2.42. The van der Waals surface area contributed by atoms with Crippen molar-refractivity contribution in [2.45, 2.75) is 32.7 Å². The lowest BCUT2D eigenvalue weighted by atomic mass is 10.1. The van der Waals surface area contributed by atoms with Crippen molar-refractivity contribution >= 4 is 5.69 Å². The van der Waals surface area contributed by atoms with Crippen molar-refractivity contribution in [1.82, 2.24) is 5.32 Å². The maximum atomic E-state index is 3.47. The number of piperazine rings is 1. The Morgan fingerprint density at radius 1 is 1.31 bits per heavy atom. The van der Waals surface area contributed by atoms with Crippen LogP contribution >= 0.6 is 0 Å². The van der Waals surface area contributed by atoms with Gasteiger partial charge in [0.1, 0.15) is 0 Å². The van der Waals surface area contributed by atoms with Crippen molar-refractivity contribution in [2.24, 2.45) is 0 Å². The summed E-state index contributed by atoms with van der Waals surface area (Å²) in [6.45, 7) is 7.81. The molecule has 1 atom stereocenters. The number of hydrogen-bond donors (Lipinski definition) is 1. The van der Waals surface area contributed by atoms with Gasteiger partial charge >= 0.3 is 0 Å². The standard InChI is InChI=1S/C14H22N2/c1-3-4-13-5-7-14(8-6-13)16-10-9-15-12(2)11-16/h5-8,12,15H,3-4,9-11H2,1-2H3. The van der Waals surface area contributed by atoms with Crippen LogP contribution in [0.2, 0.25) is 0 Å². The van der Waals surface area contributed by atoms with Gasteiger partial charge in [0.2, 0.25) is 0 Å². The lowest BCUT2D eigenvalue weighted by Crippen LogP contribution is -2.49. The van der Waals surface area contributed by atoms with Crippen LogP contribution in [0.5, 0.6) is 0 Å². The van der Waals surface area contributed by atoms with Crippen LogP contribution in [0.4, 0.5) is 5.69 Å². The second kappa shape index (κ2) is 5.35. The third kappa shape index (κ3) is 2.76. The van der Waals surface area contributed by atoms with E-state index in [0.29, 0.717) is 6.04 Å². The molecule has 1 unspecified atom stereocenters. The molecule has 1 aliphatic heterocycles. The van der Waals surface area contributed by atoms with E-state index in [1.54, 1.807) is 0 Å². The van der Waals surface area contributed by atoms with Crippen LogP contribution in [0.25, 0.3) is 0 Å². The maximum Gasteiger partial charge on any atom is 0.0367 e. The molecule has 2 rings (SSSR count). The molecule has 1 aromatic rings. The predicted octanol–water partition coefficient (Wildman–Crippen LogP) is 2.44. The summed E-state index contributed by atoms with van der Waals surface area (Å²) in [5, 5.41) is 3.47. The molecule has 0 bridgehead atoms. The van der Waals surface area contributed by atoms with Gasteiger partial charge in [0.25, 0.3) is 0 Å². The molecule has 0 aromatic heterocycles. The first-order valence-electron chi connectivity index (χ1n) is 6.37. The Hall–Kier alpha value is -1.02. The molecule has 1 N–H and O–H groups in total. The lowest BCUT2D eigenvalue weighted by Gasteiger charge is -2.33. The first-order valence-corrected chi connectivity index (χ1v) is 6.37. The Kier molecular flexibility index (Phi) is 3.83. The molecule has 2 nitrogen and oxygen atoms in total. The van der Waals surface area contributed by atoms with Gasteiger partial charge in [0.15, 0.2) is 0 Å². The van der Waals surface area contributed by atoms with Crippen LogP contribution in [-0.2, 0) is 6.42 Å². The average molecular weight is 218 g/mol. The van der Waals surface area contributed by atoms with Crippen LogP contribution in [0.1, 0.15) is 25.8 Å². The molecule has 1 aliphatic rings. The zero-order chi connectivity index (χ0) is 11.4. The van der Waals surface area contributed by atoms with Gasteiger partial charge < -0.3 is 10.2 Å². The minimum atomic E-state index is 0.601. The normalized spacial score (nSPS) is 21.1. The van der Waals surface area contributed by atoms with E-state index >= 15 is 0 Å². The zero-order valence-electron chi connectivity index (χ0n) is 10.4. The highest BCUT2D eigenvalue weighted by Crippen LogP contribution is 2.17. The summed E-state index contributed by atoms with van der Waals surface area (Å²) in [6, 6.07) is 9.67. The van der Waals surface area contributed by atoms with Crippen molar-refractivity contribution in [1.29, 1.82) is 0 Å². The molecule has 0 aliphatic carbocycles. The second-order valence-corrected chi connectivity index (χ2v) is 4.72. The Morgan fingerprint density at radius 2 is 2.06 bits per heavy atom. The number of benzene rings is 1. The monoisotopic (exact) mass is 218 g/mol. The number of nitrogens with one attached hydrogen (secondary N) is 1. The molecule has 1 fully saturated rings. The fraction of sp³-hybridized carbons (Fsp3) is 0.571. The van der Waals surface area contributed by atoms with E-state index in [2.05, 4.69) is 48.3 Å². The highest BCUT2D eigenvalue weighted by molar-refractivity contribution is 5.48. The van der Waals surface area contributed by atoms with Gasteiger partial charge in [-0.2, -0.15) is 0 Å². The van der Waals surface area contributed by atoms with Crippen molar-refractivity contribution in [2.75, 3.05) is 24.5 Å². The van der Waals surface area contributed by atoms with Crippen LogP contribution in [0.15, 0.2) is 24.3 Å². The van der Waals surface area contributed by atoms with E-state index in [9.17, 15) is 0 Å². The van der Waals surface area contributed by atoms with Crippen LogP contribution < -0.4 is 10.2 Å². The van der Waals surface area contributed by atoms with Crippen molar-refractivity contribution in [3.8, 4) is 0 Å². The van der Waals surface area contributed by atoms with E-state index in [4.69, 9.17) is 0 Å². The minimum Gasteiger partial charge on any atom is -0.369 e. The van der Waals surface area contributed by atoms with E-state index in [0.717, 1.165) is 19.6 Å². The molecule has 0 saturated carbocycles. The van der Waals surface area contributed by atoms with Gasteiger partial charge in [0, 0.05) is 31.4 Å².